The largest absolute Gasteiger partial charge is 0.298 e. The van der Waals surface area contributed by atoms with Gasteiger partial charge in [-0.2, -0.15) is 0 Å². The van der Waals surface area contributed by atoms with Crippen molar-refractivity contribution in [3.05, 3.63) is 23.6 Å². The second kappa shape index (κ2) is 2.56. The van der Waals surface area contributed by atoms with Gasteiger partial charge >= 0.3 is 0 Å². The molecule has 0 unspecified atom stereocenters. The Hall–Kier alpha value is -1.25. The average molecular weight is 140 g/mol. The zero-order valence-electron chi connectivity index (χ0n) is 5.13. The number of Topliss-reactive ketones (excluding diaryl/α,β-unsaturated/α-hetero) is 1. The van der Waals surface area contributed by atoms with Gasteiger partial charge < -0.3 is 0 Å². The van der Waals surface area contributed by atoms with E-state index in [1.165, 1.54) is 6.08 Å². The number of ketones is 1. The Balaban J connectivity index is 2.92. The normalized spacial score (nSPS) is 17.9. The number of aldehydes is 1. The highest BCUT2D eigenvalue weighted by atomic mass is 19.1. The van der Waals surface area contributed by atoms with Crippen molar-refractivity contribution >= 4 is 12.1 Å². The Morgan fingerprint density at radius 3 is 2.70 bits per heavy atom. The predicted octanol–water partition coefficient (Wildman–Crippen LogP) is 0.938. The molecule has 1 aliphatic rings. The molecule has 10 heavy (non-hydrogen) atoms. The number of carbonyl (C=O) groups is 2. The van der Waals surface area contributed by atoms with Crippen LogP contribution in [0, 0.1) is 0 Å². The molecule has 52 valence electrons. The molecular formula is C7H5FO2. The van der Waals surface area contributed by atoms with Crippen LogP contribution in [0.3, 0.4) is 0 Å². The summed E-state index contributed by atoms with van der Waals surface area (Å²) in [5.74, 6) is -0.939. The van der Waals surface area contributed by atoms with Crippen LogP contribution >= 0.6 is 0 Å². The summed E-state index contributed by atoms with van der Waals surface area (Å²) in [5, 5.41) is 0. The molecule has 0 heterocycles. The van der Waals surface area contributed by atoms with Gasteiger partial charge in [-0.15, -0.1) is 0 Å². The Morgan fingerprint density at radius 2 is 2.20 bits per heavy atom. The van der Waals surface area contributed by atoms with Crippen LogP contribution in [0.5, 0.6) is 0 Å². The minimum atomic E-state index is -0.490. The summed E-state index contributed by atoms with van der Waals surface area (Å²) >= 11 is 0. The molecule has 0 aromatic heterocycles. The highest BCUT2D eigenvalue weighted by Gasteiger charge is 2.13. The molecule has 0 aliphatic heterocycles. The fourth-order valence-corrected chi connectivity index (χ4v) is 0.693. The first-order valence-corrected chi connectivity index (χ1v) is 2.79. The third kappa shape index (κ3) is 1.18. The minimum Gasteiger partial charge on any atom is -0.298 e. The van der Waals surface area contributed by atoms with E-state index in [9.17, 15) is 14.0 Å². The van der Waals surface area contributed by atoms with Crippen LogP contribution < -0.4 is 0 Å². The van der Waals surface area contributed by atoms with Crippen LogP contribution in [0.15, 0.2) is 23.6 Å². The first kappa shape index (κ1) is 6.86. The van der Waals surface area contributed by atoms with Gasteiger partial charge in [-0.05, 0) is 12.2 Å². The highest BCUT2D eigenvalue weighted by molar-refractivity contribution is 6.13. The SMILES string of the molecule is O=CC1=CC=C(F)CC1=O. The van der Waals surface area contributed by atoms with E-state index in [2.05, 4.69) is 0 Å². The first-order valence-electron chi connectivity index (χ1n) is 2.79. The van der Waals surface area contributed by atoms with Gasteiger partial charge in [-0.1, -0.05) is 0 Å². The van der Waals surface area contributed by atoms with Crippen molar-refractivity contribution in [1.82, 2.24) is 0 Å². The van der Waals surface area contributed by atoms with Crippen molar-refractivity contribution in [3.63, 3.8) is 0 Å². The topological polar surface area (TPSA) is 34.1 Å². The van der Waals surface area contributed by atoms with Gasteiger partial charge in [0, 0.05) is 0 Å². The number of rotatable bonds is 1. The standard InChI is InChI=1S/C7H5FO2/c8-6-2-1-5(4-9)7(10)3-6/h1-2,4H,3H2. The molecule has 1 rings (SSSR count). The quantitative estimate of drug-likeness (QED) is 0.401. The second-order valence-corrected chi connectivity index (χ2v) is 1.95. The van der Waals surface area contributed by atoms with E-state index >= 15 is 0 Å². The fourth-order valence-electron chi connectivity index (χ4n) is 0.693. The van der Waals surface area contributed by atoms with Gasteiger partial charge in [0.05, 0.1) is 12.0 Å². The first-order chi connectivity index (χ1) is 4.74. The highest BCUT2D eigenvalue weighted by Crippen LogP contribution is 2.13. The summed E-state index contributed by atoms with van der Waals surface area (Å²) in [6.07, 6.45) is 2.48. The molecule has 0 spiro atoms. The van der Waals surface area contributed by atoms with E-state index < -0.39 is 11.6 Å². The molecule has 0 radical (unpaired) electrons. The molecule has 0 bridgehead atoms. The smallest absolute Gasteiger partial charge is 0.172 e. The zero-order valence-corrected chi connectivity index (χ0v) is 5.13. The number of carbonyl (C=O) groups excluding carboxylic acids is 2. The summed E-state index contributed by atoms with van der Waals surface area (Å²) in [6, 6.07) is 0. The van der Waals surface area contributed by atoms with Crippen LogP contribution in [0.4, 0.5) is 4.39 Å². The molecule has 0 aromatic rings. The van der Waals surface area contributed by atoms with E-state index in [0.717, 1.165) is 6.08 Å². The lowest BCUT2D eigenvalue weighted by atomic mass is 10.0. The lowest BCUT2D eigenvalue weighted by molar-refractivity contribution is -0.117. The number of halogens is 1. The third-order valence-corrected chi connectivity index (χ3v) is 1.22. The minimum absolute atomic E-state index is 0.0430. The summed E-state index contributed by atoms with van der Waals surface area (Å²) < 4.78 is 12.2. The molecule has 0 amide bonds. The summed E-state index contributed by atoms with van der Waals surface area (Å²) in [6.45, 7) is 0. The van der Waals surface area contributed by atoms with Crippen molar-refractivity contribution < 1.29 is 14.0 Å². The van der Waals surface area contributed by atoms with Gasteiger partial charge in [-0.3, -0.25) is 9.59 Å². The monoisotopic (exact) mass is 140 g/mol. The van der Waals surface area contributed by atoms with Crippen molar-refractivity contribution in [2.45, 2.75) is 6.42 Å². The number of hydrogen-bond acceptors (Lipinski definition) is 2. The molecule has 0 atom stereocenters. The van der Waals surface area contributed by atoms with Crippen molar-refractivity contribution in [2.75, 3.05) is 0 Å². The van der Waals surface area contributed by atoms with Crippen LogP contribution in [0.1, 0.15) is 6.42 Å². The van der Waals surface area contributed by atoms with Crippen LogP contribution in [0.2, 0.25) is 0 Å². The van der Waals surface area contributed by atoms with Gasteiger partial charge in [0.2, 0.25) is 0 Å². The average Bonchev–Trinajstić information content (AvgIpc) is 1.88. The predicted molar refractivity (Wildman–Crippen MR) is 33.0 cm³/mol. The molecule has 0 N–H and O–H groups in total. The number of allylic oxidation sites excluding steroid dienone is 4. The maximum absolute atomic E-state index is 12.2. The van der Waals surface area contributed by atoms with Crippen LogP contribution in [-0.4, -0.2) is 12.1 Å². The van der Waals surface area contributed by atoms with Gasteiger partial charge in [0.25, 0.3) is 0 Å². The molecular weight excluding hydrogens is 135 g/mol. The molecule has 0 fully saturated rings. The summed E-state index contributed by atoms with van der Waals surface area (Å²) in [7, 11) is 0. The van der Waals surface area contributed by atoms with E-state index in [-0.39, 0.29) is 12.0 Å². The fraction of sp³-hybridized carbons (Fsp3) is 0.143. The van der Waals surface area contributed by atoms with Gasteiger partial charge in [0.15, 0.2) is 12.1 Å². The lowest BCUT2D eigenvalue weighted by Gasteiger charge is -2.01. The molecule has 3 heteroatoms. The summed E-state index contributed by atoms with van der Waals surface area (Å²) in [4.78, 5) is 20.7. The van der Waals surface area contributed by atoms with E-state index in [1.54, 1.807) is 0 Å². The molecule has 1 aliphatic carbocycles. The Labute approximate surface area is 57.0 Å². The van der Waals surface area contributed by atoms with Gasteiger partial charge in [0.1, 0.15) is 5.83 Å². The van der Waals surface area contributed by atoms with E-state index in [1.807, 2.05) is 0 Å². The molecule has 2 nitrogen and oxygen atoms in total. The lowest BCUT2D eigenvalue weighted by Crippen LogP contribution is -2.06. The maximum Gasteiger partial charge on any atom is 0.172 e. The third-order valence-electron chi connectivity index (χ3n) is 1.22. The molecule has 0 saturated carbocycles. The Morgan fingerprint density at radius 1 is 1.50 bits per heavy atom. The maximum atomic E-state index is 12.2. The molecule has 0 saturated heterocycles. The van der Waals surface area contributed by atoms with Crippen LogP contribution in [-0.2, 0) is 9.59 Å². The zero-order chi connectivity index (χ0) is 7.56. The molecule has 0 aromatic carbocycles. The second-order valence-electron chi connectivity index (χ2n) is 1.95. The van der Waals surface area contributed by atoms with Crippen molar-refractivity contribution in [1.29, 1.82) is 0 Å². The van der Waals surface area contributed by atoms with Crippen molar-refractivity contribution in [3.8, 4) is 0 Å². The van der Waals surface area contributed by atoms with Gasteiger partial charge in [-0.25, -0.2) is 4.39 Å². The van der Waals surface area contributed by atoms with E-state index in [4.69, 9.17) is 0 Å². The summed E-state index contributed by atoms with van der Waals surface area (Å²) in [5.41, 5.74) is 0.0430. The number of hydrogen-bond donors (Lipinski definition) is 0. The van der Waals surface area contributed by atoms with Crippen molar-refractivity contribution in [2.24, 2.45) is 0 Å². The Bertz CT molecular complexity index is 238. The Kier molecular flexibility index (Phi) is 1.76. The van der Waals surface area contributed by atoms with E-state index in [0.29, 0.717) is 6.29 Å². The van der Waals surface area contributed by atoms with Crippen LogP contribution in [0.25, 0.3) is 0 Å².